The predicted molar refractivity (Wildman–Crippen MR) is 81.2 cm³/mol. The van der Waals surface area contributed by atoms with E-state index in [-0.39, 0.29) is 4.90 Å². The molecule has 5 nitrogen and oxygen atoms in total. The van der Waals surface area contributed by atoms with Crippen LogP contribution in [-0.4, -0.2) is 39.0 Å². The van der Waals surface area contributed by atoms with Crippen LogP contribution in [0, 0.1) is 0 Å². The lowest BCUT2D eigenvalue weighted by Gasteiger charge is -2.35. The van der Waals surface area contributed by atoms with Gasteiger partial charge in [-0.3, -0.25) is 4.90 Å². The Kier molecular flexibility index (Phi) is 5.01. The normalized spacial score (nSPS) is 20.8. The minimum Gasteiger partial charge on any atom is -0.382 e. The monoisotopic (exact) mass is 297 g/mol. The Labute approximate surface area is 121 Å². The highest BCUT2D eigenvalue weighted by atomic mass is 32.2. The van der Waals surface area contributed by atoms with Gasteiger partial charge in [-0.1, -0.05) is 25.5 Å². The van der Waals surface area contributed by atoms with Gasteiger partial charge in [-0.05, 0) is 38.1 Å². The topological polar surface area (TPSA) is 75.4 Å². The van der Waals surface area contributed by atoms with Crippen LogP contribution >= 0.6 is 0 Å². The number of rotatable bonds is 5. The average molecular weight is 297 g/mol. The quantitative estimate of drug-likeness (QED) is 0.866. The number of hydrogen-bond donors (Lipinski definition) is 2. The van der Waals surface area contributed by atoms with Gasteiger partial charge in [-0.15, -0.1) is 0 Å². The zero-order valence-electron chi connectivity index (χ0n) is 11.9. The van der Waals surface area contributed by atoms with Gasteiger partial charge in [0.2, 0.25) is 10.0 Å². The highest BCUT2D eigenvalue weighted by molar-refractivity contribution is 7.89. The molecule has 1 aliphatic heterocycles. The molecule has 0 unspecified atom stereocenters. The van der Waals surface area contributed by atoms with Crippen molar-refractivity contribution in [2.24, 2.45) is 5.14 Å². The van der Waals surface area contributed by atoms with E-state index in [2.05, 4.69) is 17.1 Å². The number of likely N-dealkylation sites (tertiary alicyclic amines) is 1. The number of benzene rings is 1. The molecule has 0 amide bonds. The molecule has 3 N–H and O–H groups in total. The Balaban J connectivity index is 2.07. The Morgan fingerprint density at radius 1 is 1.35 bits per heavy atom. The lowest BCUT2D eigenvalue weighted by molar-refractivity contribution is 0.164. The van der Waals surface area contributed by atoms with Gasteiger partial charge in [0, 0.05) is 12.6 Å². The summed E-state index contributed by atoms with van der Waals surface area (Å²) in [6, 6.07) is 7.26. The third-order valence-corrected chi connectivity index (χ3v) is 4.85. The summed E-state index contributed by atoms with van der Waals surface area (Å²) in [5.41, 5.74) is 0.594. The molecule has 2 rings (SSSR count). The second-order valence-electron chi connectivity index (χ2n) is 5.20. The van der Waals surface area contributed by atoms with Crippen molar-refractivity contribution < 1.29 is 8.42 Å². The van der Waals surface area contributed by atoms with Gasteiger partial charge in [0.05, 0.1) is 5.69 Å². The number of sulfonamides is 1. The summed E-state index contributed by atoms with van der Waals surface area (Å²) >= 11 is 0. The fraction of sp³-hybridized carbons (Fsp3) is 0.571. The zero-order valence-corrected chi connectivity index (χ0v) is 12.7. The lowest BCUT2D eigenvalue weighted by Crippen LogP contribution is -2.43. The van der Waals surface area contributed by atoms with E-state index in [9.17, 15) is 8.42 Å². The van der Waals surface area contributed by atoms with E-state index in [0.717, 1.165) is 26.1 Å². The number of likely N-dealkylation sites (N-methyl/N-ethyl adjacent to an activating group) is 1. The van der Waals surface area contributed by atoms with E-state index < -0.39 is 10.0 Å². The zero-order chi connectivity index (χ0) is 14.6. The first-order chi connectivity index (χ1) is 9.52. The number of primary sulfonamides is 1. The smallest absolute Gasteiger partial charge is 0.240 e. The molecule has 20 heavy (non-hydrogen) atoms. The van der Waals surface area contributed by atoms with Crippen LogP contribution in [-0.2, 0) is 10.0 Å². The maximum atomic E-state index is 11.6. The summed E-state index contributed by atoms with van der Waals surface area (Å²) in [6.45, 7) is 5.07. The van der Waals surface area contributed by atoms with Crippen molar-refractivity contribution in [3.8, 4) is 0 Å². The minimum absolute atomic E-state index is 0.166. The molecule has 0 bridgehead atoms. The van der Waals surface area contributed by atoms with Crippen LogP contribution in [0.4, 0.5) is 5.69 Å². The van der Waals surface area contributed by atoms with Crippen molar-refractivity contribution in [2.75, 3.05) is 25.0 Å². The molecule has 6 heteroatoms. The molecule has 1 aliphatic rings. The molecule has 1 fully saturated rings. The summed E-state index contributed by atoms with van der Waals surface area (Å²) in [6.07, 6.45) is 3.64. The van der Waals surface area contributed by atoms with Crippen molar-refractivity contribution in [3.05, 3.63) is 24.3 Å². The van der Waals surface area contributed by atoms with Crippen LogP contribution < -0.4 is 10.5 Å². The first kappa shape index (κ1) is 15.3. The fourth-order valence-corrected chi connectivity index (χ4v) is 3.51. The predicted octanol–water partition coefficient (Wildman–Crippen LogP) is 1.62. The number of anilines is 1. The highest BCUT2D eigenvalue weighted by Gasteiger charge is 2.21. The van der Waals surface area contributed by atoms with Gasteiger partial charge < -0.3 is 5.32 Å². The van der Waals surface area contributed by atoms with Crippen LogP contribution in [0.15, 0.2) is 29.2 Å². The molecule has 0 aromatic heterocycles. The summed E-state index contributed by atoms with van der Waals surface area (Å²) in [5.74, 6) is 0. The third-order valence-electron chi connectivity index (χ3n) is 3.88. The second-order valence-corrected chi connectivity index (χ2v) is 6.73. The third kappa shape index (κ3) is 3.71. The molecular formula is C14H23N3O2S. The van der Waals surface area contributed by atoms with Gasteiger partial charge >= 0.3 is 0 Å². The van der Waals surface area contributed by atoms with E-state index in [4.69, 9.17) is 5.14 Å². The number of piperidine rings is 1. The maximum Gasteiger partial charge on any atom is 0.240 e. The number of para-hydroxylation sites is 1. The van der Waals surface area contributed by atoms with Crippen LogP contribution in [0.5, 0.6) is 0 Å². The lowest BCUT2D eigenvalue weighted by atomic mass is 10.0. The van der Waals surface area contributed by atoms with E-state index in [1.807, 2.05) is 6.07 Å². The highest BCUT2D eigenvalue weighted by Crippen LogP contribution is 2.21. The summed E-state index contributed by atoms with van der Waals surface area (Å²) in [5, 5.41) is 8.49. The minimum atomic E-state index is -3.68. The molecule has 1 aromatic carbocycles. The summed E-state index contributed by atoms with van der Waals surface area (Å²) in [4.78, 5) is 2.61. The Bertz CT molecular complexity index is 545. The summed E-state index contributed by atoms with van der Waals surface area (Å²) < 4.78 is 23.1. The van der Waals surface area contributed by atoms with Crippen LogP contribution in [0.2, 0.25) is 0 Å². The van der Waals surface area contributed by atoms with E-state index in [0.29, 0.717) is 11.7 Å². The molecule has 1 saturated heterocycles. The number of nitrogens with two attached hydrogens (primary N) is 1. The Morgan fingerprint density at radius 3 is 2.80 bits per heavy atom. The van der Waals surface area contributed by atoms with E-state index in [1.54, 1.807) is 12.1 Å². The molecule has 1 atom stereocenters. The van der Waals surface area contributed by atoms with Crippen LogP contribution in [0.25, 0.3) is 0 Å². The Morgan fingerprint density at radius 2 is 2.10 bits per heavy atom. The largest absolute Gasteiger partial charge is 0.382 e. The first-order valence-corrected chi connectivity index (χ1v) is 8.66. The van der Waals surface area contributed by atoms with Gasteiger partial charge in [-0.25, -0.2) is 13.6 Å². The molecule has 0 radical (unpaired) electrons. The molecule has 0 saturated carbocycles. The van der Waals surface area contributed by atoms with Gasteiger partial charge in [-0.2, -0.15) is 0 Å². The molecule has 1 aromatic rings. The van der Waals surface area contributed by atoms with Gasteiger partial charge in [0.25, 0.3) is 0 Å². The number of hydrogen-bond acceptors (Lipinski definition) is 4. The van der Waals surface area contributed by atoms with Crippen LogP contribution in [0.3, 0.4) is 0 Å². The number of nitrogens with one attached hydrogen (secondary N) is 1. The molecule has 0 aliphatic carbocycles. The summed E-state index contributed by atoms with van der Waals surface area (Å²) in [7, 11) is -3.68. The van der Waals surface area contributed by atoms with Crippen LogP contribution in [0.1, 0.15) is 26.2 Å². The maximum absolute atomic E-state index is 11.6. The Hall–Kier alpha value is -1.11. The SMILES string of the molecule is CCN1CCCC[C@H]1CNc1ccccc1S(N)(=O)=O. The molecule has 1 heterocycles. The molecular weight excluding hydrogens is 274 g/mol. The fourth-order valence-electron chi connectivity index (χ4n) is 2.80. The molecule has 112 valence electrons. The first-order valence-electron chi connectivity index (χ1n) is 7.12. The average Bonchev–Trinajstić information content (AvgIpc) is 2.44. The number of nitrogens with zero attached hydrogens (tertiary/aromatic N) is 1. The van der Waals surface area contributed by atoms with Crippen molar-refractivity contribution in [3.63, 3.8) is 0 Å². The van der Waals surface area contributed by atoms with Crippen molar-refractivity contribution in [2.45, 2.75) is 37.1 Å². The molecule has 0 spiro atoms. The van der Waals surface area contributed by atoms with Crippen molar-refractivity contribution >= 4 is 15.7 Å². The van der Waals surface area contributed by atoms with Crippen molar-refractivity contribution in [1.29, 1.82) is 0 Å². The van der Waals surface area contributed by atoms with Gasteiger partial charge in [0.1, 0.15) is 4.90 Å². The van der Waals surface area contributed by atoms with E-state index in [1.165, 1.54) is 18.9 Å². The van der Waals surface area contributed by atoms with E-state index >= 15 is 0 Å². The van der Waals surface area contributed by atoms with Crippen molar-refractivity contribution in [1.82, 2.24) is 4.90 Å². The van der Waals surface area contributed by atoms with Gasteiger partial charge in [0.15, 0.2) is 0 Å². The standard InChI is InChI=1S/C14H23N3O2S/c1-2-17-10-6-5-7-12(17)11-16-13-8-3-4-9-14(13)20(15,18)19/h3-4,8-9,12,16H,2,5-7,10-11H2,1H3,(H2,15,18,19)/t12-/m0/s1. The second kappa shape index (κ2) is 6.56.